The maximum absolute atomic E-state index is 11.5. The molecule has 0 aliphatic rings. The van der Waals surface area contributed by atoms with Gasteiger partial charge in [0.2, 0.25) is 0 Å². The van der Waals surface area contributed by atoms with Gasteiger partial charge in [0, 0.05) is 12.3 Å². The van der Waals surface area contributed by atoms with Crippen LogP contribution < -0.4 is 0 Å². The van der Waals surface area contributed by atoms with E-state index in [2.05, 4.69) is 27.7 Å². The minimum absolute atomic E-state index is 0.314. The molecule has 0 bridgehead atoms. The summed E-state index contributed by atoms with van der Waals surface area (Å²) in [5, 5.41) is 14.2. The monoisotopic (exact) mass is 391 g/mol. The fraction of sp³-hybridized carbons (Fsp3) is 0.375. The summed E-state index contributed by atoms with van der Waals surface area (Å²) < 4.78 is 2.02. The van der Waals surface area contributed by atoms with E-state index >= 15 is 0 Å². The van der Waals surface area contributed by atoms with Crippen molar-refractivity contribution in [3.05, 3.63) is 71.3 Å². The van der Waals surface area contributed by atoms with Crippen LogP contribution in [0.3, 0.4) is 0 Å². The Morgan fingerprint density at radius 3 is 2.38 bits per heavy atom. The summed E-state index contributed by atoms with van der Waals surface area (Å²) in [6.07, 6.45) is 1.89. The highest BCUT2D eigenvalue weighted by atomic mass is 16.4. The van der Waals surface area contributed by atoms with Crippen LogP contribution in [0, 0.1) is 5.92 Å². The standard InChI is InChI=1S/C24H29N3O2/c1-5-17(4)23-25-22(14-16(2)3)26-27(23)15-18-10-12-19(13-11-18)20-8-6-7-9-21(20)24(28)29/h6-13,16-17H,5,14-15H2,1-4H3,(H,28,29). The molecule has 0 radical (unpaired) electrons. The lowest BCUT2D eigenvalue weighted by atomic mass is 9.99. The van der Waals surface area contributed by atoms with Crippen molar-refractivity contribution in [3.63, 3.8) is 0 Å². The van der Waals surface area contributed by atoms with E-state index in [1.165, 1.54) is 0 Å². The largest absolute Gasteiger partial charge is 0.478 e. The second kappa shape index (κ2) is 9.03. The van der Waals surface area contributed by atoms with Crippen LogP contribution in [0.4, 0.5) is 0 Å². The second-order valence-electron chi connectivity index (χ2n) is 8.00. The van der Waals surface area contributed by atoms with Gasteiger partial charge in [0.1, 0.15) is 5.82 Å². The number of nitrogens with zero attached hydrogens (tertiary/aromatic N) is 3. The maximum Gasteiger partial charge on any atom is 0.336 e. The number of rotatable bonds is 8. The van der Waals surface area contributed by atoms with E-state index in [9.17, 15) is 9.90 Å². The first kappa shape index (κ1) is 20.8. The highest BCUT2D eigenvalue weighted by Gasteiger charge is 2.16. The van der Waals surface area contributed by atoms with E-state index in [0.717, 1.165) is 41.2 Å². The average Bonchev–Trinajstić information content (AvgIpc) is 3.09. The van der Waals surface area contributed by atoms with Crippen molar-refractivity contribution >= 4 is 5.97 Å². The van der Waals surface area contributed by atoms with E-state index in [4.69, 9.17) is 10.1 Å². The lowest BCUT2D eigenvalue weighted by Gasteiger charge is -2.11. The van der Waals surface area contributed by atoms with Crippen LogP contribution in [-0.4, -0.2) is 25.8 Å². The van der Waals surface area contributed by atoms with Crippen LogP contribution in [-0.2, 0) is 13.0 Å². The molecule has 29 heavy (non-hydrogen) atoms. The van der Waals surface area contributed by atoms with Crippen LogP contribution in [0.5, 0.6) is 0 Å². The summed E-state index contributed by atoms with van der Waals surface area (Å²) in [7, 11) is 0. The Hall–Kier alpha value is -2.95. The van der Waals surface area contributed by atoms with Gasteiger partial charge in [0.15, 0.2) is 5.82 Å². The lowest BCUT2D eigenvalue weighted by molar-refractivity contribution is 0.0697. The zero-order valence-electron chi connectivity index (χ0n) is 17.6. The Bertz CT molecular complexity index is 974. The normalized spacial score (nSPS) is 12.3. The van der Waals surface area contributed by atoms with Gasteiger partial charge < -0.3 is 5.11 Å². The van der Waals surface area contributed by atoms with Gasteiger partial charge in [-0.2, -0.15) is 5.10 Å². The predicted molar refractivity (Wildman–Crippen MR) is 115 cm³/mol. The average molecular weight is 392 g/mol. The molecule has 3 aromatic rings. The minimum Gasteiger partial charge on any atom is -0.478 e. The zero-order chi connectivity index (χ0) is 21.0. The van der Waals surface area contributed by atoms with Crippen molar-refractivity contribution in [2.75, 3.05) is 0 Å². The number of hydrogen-bond acceptors (Lipinski definition) is 3. The zero-order valence-corrected chi connectivity index (χ0v) is 17.6. The molecule has 0 fully saturated rings. The number of carboxylic acid groups (broad SMARTS) is 1. The summed E-state index contributed by atoms with van der Waals surface area (Å²) in [6.45, 7) is 9.37. The molecule has 1 N–H and O–H groups in total. The van der Waals surface area contributed by atoms with Crippen molar-refractivity contribution in [2.24, 2.45) is 5.92 Å². The Labute approximate surface area is 172 Å². The van der Waals surface area contributed by atoms with Crippen molar-refractivity contribution in [1.82, 2.24) is 14.8 Å². The summed E-state index contributed by atoms with van der Waals surface area (Å²) in [6, 6.07) is 15.1. The van der Waals surface area contributed by atoms with Gasteiger partial charge in [0.25, 0.3) is 0 Å². The van der Waals surface area contributed by atoms with E-state index in [1.807, 2.05) is 41.1 Å². The fourth-order valence-electron chi connectivity index (χ4n) is 3.40. The molecule has 2 aromatic carbocycles. The van der Waals surface area contributed by atoms with Crippen molar-refractivity contribution in [2.45, 2.75) is 53.0 Å². The molecule has 1 unspecified atom stereocenters. The first-order chi connectivity index (χ1) is 13.9. The van der Waals surface area contributed by atoms with Gasteiger partial charge in [-0.25, -0.2) is 14.5 Å². The van der Waals surface area contributed by atoms with E-state index in [1.54, 1.807) is 12.1 Å². The van der Waals surface area contributed by atoms with E-state index < -0.39 is 5.97 Å². The van der Waals surface area contributed by atoms with Gasteiger partial charge in [-0.1, -0.05) is 70.2 Å². The molecule has 0 amide bonds. The molecule has 0 saturated carbocycles. The number of carboxylic acids is 1. The summed E-state index contributed by atoms with van der Waals surface area (Å²) in [5.41, 5.74) is 3.06. The molecule has 0 spiro atoms. The van der Waals surface area contributed by atoms with Crippen LogP contribution in [0.25, 0.3) is 11.1 Å². The number of aromatic nitrogens is 3. The molecule has 1 aromatic heterocycles. The van der Waals surface area contributed by atoms with Crippen LogP contribution >= 0.6 is 0 Å². The Morgan fingerprint density at radius 1 is 1.07 bits per heavy atom. The third kappa shape index (κ3) is 4.91. The molecular weight excluding hydrogens is 362 g/mol. The van der Waals surface area contributed by atoms with Gasteiger partial charge in [0.05, 0.1) is 12.1 Å². The van der Waals surface area contributed by atoms with Crippen molar-refractivity contribution < 1.29 is 9.90 Å². The molecule has 5 heteroatoms. The SMILES string of the molecule is CCC(C)c1nc(CC(C)C)nn1Cc1ccc(-c2ccccc2C(=O)O)cc1. The van der Waals surface area contributed by atoms with Crippen LogP contribution in [0.1, 0.15) is 67.6 Å². The molecule has 1 atom stereocenters. The summed E-state index contributed by atoms with van der Waals surface area (Å²) in [4.78, 5) is 16.3. The molecule has 1 heterocycles. The highest BCUT2D eigenvalue weighted by Crippen LogP contribution is 2.25. The number of benzene rings is 2. The Morgan fingerprint density at radius 2 is 1.76 bits per heavy atom. The molecule has 5 nitrogen and oxygen atoms in total. The first-order valence-corrected chi connectivity index (χ1v) is 10.2. The topological polar surface area (TPSA) is 68.0 Å². The number of aromatic carboxylic acids is 1. The first-order valence-electron chi connectivity index (χ1n) is 10.2. The molecule has 152 valence electrons. The second-order valence-corrected chi connectivity index (χ2v) is 8.00. The quantitative estimate of drug-likeness (QED) is 0.558. The maximum atomic E-state index is 11.5. The molecule has 3 rings (SSSR count). The van der Waals surface area contributed by atoms with E-state index in [0.29, 0.717) is 23.9 Å². The summed E-state index contributed by atoms with van der Waals surface area (Å²) >= 11 is 0. The van der Waals surface area contributed by atoms with E-state index in [-0.39, 0.29) is 0 Å². The van der Waals surface area contributed by atoms with Crippen LogP contribution in [0.2, 0.25) is 0 Å². The van der Waals surface area contributed by atoms with Gasteiger partial charge >= 0.3 is 5.97 Å². The van der Waals surface area contributed by atoms with Crippen molar-refractivity contribution in [3.8, 4) is 11.1 Å². The summed E-state index contributed by atoms with van der Waals surface area (Å²) in [5.74, 6) is 1.89. The number of hydrogen-bond donors (Lipinski definition) is 1. The Kier molecular flexibility index (Phi) is 6.47. The minimum atomic E-state index is -0.914. The lowest BCUT2D eigenvalue weighted by Crippen LogP contribution is -2.09. The predicted octanol–water partition coefficient (Wildman–Crippen LogP) is 5.40. The van der Waals surface area contributed by atoms with Gasteiger partial charge in [-0.05, 0) is 35.1 Å². The Balaban J connectivity index is 1.87. The molecule has 0 aliphatic carbocycles. The highest BCUT2D eigenvalue weighted by molar-refractivity contribution is 5.95. The van der Waals surface area contributed by atoms with Gasteiger partial charge in [-0.15, -0.1) is 0 Å². The number of carbonyl (C=O) groups is 1. The van der Waals surface area contributed by atoms with Crippen molar-refractivity contribution in [1.29, 1.82) is 0 Å². The molecular formula is C24H29N3O2. The molecule has 0 aliphatic heterocycles. The fourth-order valence-corrected chi connectivity index (χ4v) is 3.40. The molecule has 0 saturated heterocycles. The third-order valence-electron chi connectivity index (χ3n) is 5.14. The smallest absolute Gasteiger partial charge is 0.336 e. The van der Waals surface area contributed by atoms with Gasteiger partial charge in [-0.3, -0.25) is 0 Å². The third-order valence-corrected chi connectivity index (χ3v) is 5.14. The van der Waals surface area contributed by atoms with Crippen LogP contribution in [0.15, 0.2) is 48.5 Å².